The van der Waals surface area contributed by atoms with Crippen LogP contribution in [0.2, 0.25) is 0 Å². The van der Waals surface area contributed by atoms with Crippen molar-refractivity contribution in [2.45, 2.75) is 41.5 Å². The van der Waals surface area contributed by atoms with Crippen LogP contribution in [0.4, 0.5) is 36.6 Å². The second-order valence-corrected chi connectivity index (χ2v) is 10.7. The summed E-state index contributed by atoms with van der Waals surface area (Å²) in [7, 11) is -10.7. The first-order chi connectivity index (χ1) is 20.7. The number of hydrogen-bond donors (Lipinski definition) is 0. The van der Waals surface area contributed by atoms with Crippen molar-refractivity contribution in [1.82, 2.24) is 0 Å². The number of rotatable bonds is 0. The predicted octanol–water partition coefficient (Wildman–Crippen LogP) is 13.3. The first-order valence-corrected chi connectivity index (χ1v) is 14.1. The zero-order chi connectivity index (χ0) is 36.3. The van der Waals surface area contributed by atoms with E-state index < -0.39 is 7.81 Å². The Morgan fingerprint density at radius 2 is 0.809 bits per heavy atom. The maximum absolute atomic E-state index is 10.7. The molecule has 0 fully saturated rings. The van der Waals surface area contributed by atoms with Gasteiger partial charge in [0.1, 0.15) is 0 Å². The van der Waals surface area contributed by atoms with Crippen LogP contribution in [0.5, 0.6) is 0 Å². The van der Waals surface area contributed by atoms with E-state index in [0.29, 0.717) is 0 Å². The van der Waals surface area contributed by atoms with Gasteiger partial charge >= 0.3 is 67.1 Å². The molecule has 0 saturated heterocycles. The summed E-state index contributed by atoms with van der Waals surface area (Å²) in [4.78, 5) is 21.2. The number of nitrogens with zero attached hydrogens (tertiary/aromatic N) is 5. The van der Waals surface area contributed by atoms with E-state index in [1.54, 1.807) is 0 Å². The normalized spacial score (nSPS) is 9.70. The summed E-state index contributed by atoms with van der Waals surface area (Å²) in [5.74, 6) is 0. The van der Waals surface area contributed by atoms with Crippen molar-refractivity contribution in [3.63, 3.8) is 0 Å². The molecule has 0 aromatic heterocycles. The van der Waals surface area contributed by atoms with Crippen molar-refractivity contribution in [1.29, 1.82) is 5.26 Å². The monoisotopic (exact) mass is 761 g/mol. The van der Waals surface area contributed by atoms with Crippen LogP contribution < -0.4 is 0 Å². The van der Waals surface area contributed by atoms with Crippen LogP contribution in [-0.4, -0.2) is 0 Å². The number of halogens is 6. The van der Waals surface area contributed by atoms with E-state index in [-0.39, 0.29) is 34.1 Å². The third-order valence-electron chi connectivity index (χ3n) is 4.33. The van der Waals surface area contributed by atoms with Gasteiger partial charge in [0, 0.05) is 0 Å². The van der Waals surface area contributed by atoms with Gasteiger partial charge in [0.15, 0.2) is 11.4 Å². The topological polar surface area (TPSA) is 111 Å². The Labute approximate surface area is 293 Å². The molecule has 0 aliphatic heterocycles. The average molecular weight is 761 g/mol. The molecular formula is C31H32F6Mn2N5O2P-. The van der Waals surface area contributed by atoms with Gasteiger partial charge in [-0.25, -0.2) is 34.0 Å². The molecule has 0 unspecified atom stereocenters. The van der Waals surface area contributed by atoms with Crippen molar-refractivity contribution < 1.29 is 59.3 Å². The third-order valence-corrected chi connectivity index (χ3v) is 4.33. The van der Waals surface area contributed by atoms with Crippen LogP contribution in [-0.2, 0) is 34.1 Å². The van der Waals surface area contributed by atoms with Gasteiger partial charge in [-0.1, -0.05) is 72.5 Å². The van der Waals surface area contributed by atoms with Gasteiger partial charge < -0.3 is 32.8 Å². The number of aryl methyl sites for hydroxylation is 6. The minimum absolute atomic E-state index is 0. The Morgan fingerprint density at radius 3 is 0.915 bits per heavy atom. The van der Waals surface area contributed by atoms with Gasteiger partial charge in [-0.15, -0.1) is 0 Å². The fraction of sp³-hybridized carbons (Fsp3) is 0.194. The van der Waals surface area contributed by atoms with Crippen molar-refractivity contribution in [2.24, 2.45) is 0 Å². The van der Waals surface area contributed by atoms with Crippen LogP contribution in [0.1, 0.15) is 33.4 Å². The minimum Gasteiger partial charge on any atom is -0.577 e. The van der Waals surface area contributed by atoms with Crippen molar-refractivity contribution in [3.05, 3.63) is 169 Å². The summed E-state index contributed by atoms with van der Waals surface area (Å²) in [6, 6.07) is 28.2. The summed E-state index contributed by atoms with van der Waals surface area (Å²) in [6.45, 7) is 30.4. The van der Waals surface area contributed by atoms with E-state index in [1.807, 2.05) is 76.2 Å². The molecule has 4 rings (SSSR count). The standard InChI is InChI=1S/2C9H9N.2C6H7.CN.F6P.2Mn.2NO/c2*1-7-4-8(2)6-9(5-7)10-3;2*1-6-4-2-3-5-6;1-2;1-7(2,3,4,5)6;;;2*1-2/h2*4-6H,1-2H3;2*2-5H,1H3;;;;;;/q;;4*-1;+2;+3;2*-1. The molecule has 0 saturated carbocycles. The van der Waals surface area contributed by atoms with E-state index in [4.69, 9.17) is 46.0 Å². The Hall–Kier alpha value is -4.14. The van der Waals surface area contributed by atoms with Crippen LogP contribution in [0.25, 0.3) is 20.9 Å². The van der Waals surface area contributed by atoms with Crippen LogP contribution in [0.15, 0.2) is 84.9 Å². The summed E-state index contributed by atoms with van der Waals surface area (Å²) in [5.41, 5.74) is 20.3. The summed E-state index contributed by atoms with van der Waals surface area (Å²) >= 11 is 0. The molecule has 7 nitrogen and oxygen atoms in total. The Kier molecular flexibility index (Phi) is 31.8. The molecule has 0 amide bonds. The molecule has 0 atom stereocenters. The zero-order valence-electron chi connectivity index (χ0n) is 26.1. The molecule has 4 aromatic rings. The quantitative estimate of drug-likeness (QED) is 0.0769. The van der Waals surface area contributed by atoms with Crippen molar-refractivity contribution in [3.8, 4) is 0 Å². The van der Waals surface area contributed by atoms with Gasteiger partial charge in [0.05, 0.1) is 13.1 Å². The van der Waals surface area contributed by atoms with E-state index in [2.05, 4.69) is 59.9 Å². The molecule has 0 N–H and O–H groups in total. The second kappa shape index (κ2) is 27.0. The summed E-state index contributed by atoms with van der Waals surface area (Å²) in [6.07, 6.45) is 0. The summed E-state index contributed by atoms with van der Waals surface area (Å²) in [5, 5.41) is 6.25. The van der Waals surface area contributed by atoms with Gasteiger partial charge in [-0.2, -0.15) is 35.4 Å². The van der Waals surface area contributed by atoms with Gasteiger partial charge in [-0.05, 0) is 27.7 Å². The average Bonchev–Trinajstić information content (AvgIpc) is 3.63. The smallest absolute Gasteiger partial charge is 0.577 e. The first-order valence-electron chi connectivity index (χ1n) is 12.1. The maximum Gasteiger partial charge on any atom is 3.00 e. The fourth-order valence-corrected chi connectivity index (χ4v) is 2.97. The molecule has 0 spiro atoms. The van der Waals surface area contributed by atoms with Crippen molar-refractivity contribution >= 4 is 19.2 Å². The van der Waals surface area contributed by atoms with E-state index in [1.165, 1.54) is 11.1 Å². The zero-order valence-corrected chi connectivity index (χ0v) is 29.4. The van der Waals surface area contributed by atoms with Gasteiger partial charge in [-0.3, -0.25) is 0 Å². The Bertz CT molecular complexity index is 1320. The second-order valence-electron chi connectivity index (χ2n) is 8.80. The SMILES string of the molecule is Cc1ccc[cH-]1.Cc1ccc[cH-]1.F[P-](F)(F)(F)(F)F.[C-]#N.[C-]#[N+]c1cc(C)cc(C)c1.[C-]#[N+]c1cc(C)cc(C)c1.[Mn+2].[Mn+3].[N-]=O.[N-]=O. The maximum atomic E-state index is 9.87. The number of benzene rings is 2. The van der Waals surface area contributed by atoms with Gasteiger partial charge in [0.2, 0.25) is 0 Å². The Balaban J connectivity index is -0.000000108. The molecule has 0 aliphatic rings. The van der Waals surface area contributed by atoms with Crippen LogP contribution >= 0.6 is 7.81 Å². The largest absolute Gasteiger partial charge is 3.00 e. The number of nitroso groups, excluding NO2 is 2. The molecule has 0 heterocycles. The molecular weight excluding hydrogens is 729 g/mol. The van der Waals surface area contributed by atoms with E-state index in [0.717, 1.165) is 33.6 Å². The molecule has 47 heavy (non-hydrogen) atoms. The third kappa shape index (κ3) is 46.4. The molecule has 255 valence electrons. The van der Waals surface area contributed by atoms with E-state index in [9.17, 15) is 25.2 Å². The molecule has 0 bridgehead atoms. The summed E-state index contributed by atoms with van der Waals surface area (Å²) < 4.78 is 59.2. The molecule has 4 aromatic carbocycles. The number of hydrogen-bond acceptors (Lipinski definition) is 3. The van der Waals surface area contributed by atoms with Gasteiger partial charge in [0.25, 0.3) is 0 Å². The van der Waals surface area contributed by atoms with E-state index >= 15 is 0 Å². The Morgan fingerprint density at radius 1 is 0.596 bits per heavy atom. The van der Waals surface area contributed by atoms with Crippen LogP contribution in [0.3, 0.4) is 0 Å². The van der Waals surface area contributed by atoms with Crippen LogP contribution in [0, 0.1) is 76.3 Å². The molecule has 1 radical (unpaired) electrons. The molecule has 0 aliphatic carbocycles. The fourth-order valence-electron chi connectivity index (χ4n) is 2.97. The minimum atomic E-state index is -10.7. The molecule has 16 heteroatoms. The predicted molar refractivity (Wildman–Crippen MR) is 170 cm³/mol. The van der Waals surface area contributed by atoms with Crippen molar-refractivity contribution in [2.75, 3.05) is 0 Å². The first kappa shape index (κ1) is 55.3.